The summed E-state index contributed by atoms with van der Waals surface area (Å²) in [5.41, 5.74) is -1.59. The molecule has 0 aromatic heterocycles. The molecular weight excluding hydrogens is 570 g/mol. The average Bonchev–Trinajstić information content (AvgIpc) is 2.67. The van der Waals surface area contributed by atoms with Crippen molar-refractivity contribution in [2.24, 2.45) is 0 Å². The molecule has 0 atom stereocenters. The van der Waals surface area contributed by atoms with Crippen LogP contribution in [0.5, 0.6) is 11.5 Å². The molecular formula is C31H44NaO9P. The minimum Gasteiger partial charge on any atom is -0.516 e. The molecule has 0 saturated heterocycles. The minimum atomic E-state index is -5.11. The van der Waals surface area contributed by atoms with E-state index in [2.05, 4.69) is 0 Å². The Morgan fingerprint density at radius 1 is 0.667 bits per heavy atom. The van der Waals surface area contributed by atoms with Gasteiger partial charge in [0.05, 0.1) is 5.75 Å². The second kappa shape index (κ2) is 12.2. The van der Waals surface area contributed by atoms with Crippen molar-refractivity contribution >= 4 is 19.8 Å². The van der Waals surface area contributed by atoms with Crippen LogP contribution in [0.25, 0.3) is 0 Å². The summed E-state index contributed by atoms with van der Waals surface area (Å²) >= 11 is 0. The van der Waals surface area contributed by atoms with Crippen LogP contribution in [0.1, 0.15) is 137 Å². The molecule has 2 aromatic rings. The standard InChI is InChI=1S/C31H44O9P.Na/c1-28(2,3)22-16(14-18(32)24(30(7,8)9)20(22)26(33)34)13-17-15-19(40-41(37,38)39)25(31(10,11)12)21(27(35)36)23(17)29(4,5)6;/h13-15,32H,1-12H3,(H,33,34)(H,35,36)(H2,37,38,39);/q-1;+1. The van der Waals surface area contributed by atoms with Crippen molar-refractivity contribution in [3.63, 3.8) is 0 Å². The number of aromatic hydroxyl groups is 1. The van der Waals surface area contributed by atoms with Crippen LogP contribution < -0.4 is 34.1 Å². The molecule has 0 saturated carbocycles. The van der Waals surface area contributed by atoms with Crippen LogP contribution in [0.2, 0.25) is 0 Å². The molecule has 42 heavy (non-hydrogen) atoms. The third-order valence-corrected chi connectivity index (χ3v) is 7.05. The van der Waals surface area contributed by atoms with Crippen molar-refractivity contribution in [2.75, 3.05) is 0 Å². The van der Waals surface area contributed by atoms with Gasteiger partial charge < -0.3 is 19.8 Å². The van der Waals surface area contributed by atoms with Gasteiger partial charge in [0, 0.05) is 11.1 Å². The largest absolute Gasteiger partial charge is 1.00 e. The van der Waals surface area contributed by atoms with E-state index in [4.69, 9.17) is 4.52 Å². The number of benzene rings is 2. The van der Waals surface area contributed by atoms with Crippen molar-refractivity contribution < 1.29 is 73.3 Å². The second-order valence-corrected chi connectivity index (χ2v) is 15.7. The van der Waals surface area contributed by atoms with Crippen molar-refractivity contribution in [3.05, 3.63) is 63.1 Å². The van der Waals surface area contributed by atoms with Crippen LogP contribution in [0.4, 0.5) is 0 Å². The normalized spacial score (nSPS) is 12.9. The molecule has 0 radical (unpaired) electrons. The summed E-state index contributed by atoms with van der Waals surface area (Å²) in [6.45, 7) is 21.5. The predicted octanol–water partition coefficient (Wildman–Crippen LogP) is 4.05. The van der Waals surface area contributed by atoms with E-state index in [1.165, 1.54) is 12.1 Å². The van der Waals surface area contributed by atoms with Crippen molar-refractivity contribution in [1.82, 2.24) is 0 Å². The maximum Gasteiger partial charge on any atom is 1.00 e. The van der Waals surface area contributed by atoms with Gasteiger partial charge in [-0.15, -0.1) is 17.5 Å². The zero-order valence-corrected chi connectivity index (χ0v) is 29.9. The molecule has 9 nitrogen and oxygen atoms in total. The van der Waals surface area contributed by atoms with Crippen molar-refractivity contribution in [3.8, 4) is 11.5 Å². The van der Waals surface area contributed by atoms with Crippen LogP contribution >= 0.6 is 7.82 Å². The van der Waals surface area contributed by atoms with E-state index in [1.54, 1.807) is 48.0 Å². The third kappa shape index (κ3) is 8.34. The van der Waals surface area contributed by atoms with E-state index in [1.807, 2.05) is 41.5 Å². The Morgan fingerprint density at radius 3 is 1.31 bits per heavy atom. The fraction of sp³-hybridized carbons (Fsp3) is 0.516. The van der Waals surface area contributed by atoms with Crippen molar-refractivity contribution in [1.29, 1.82) is 0 Å². The number of rotatable bonds is 6. The molecule has 0 aliphatic rings. The molecule has 0 fully saturated rings. The average molecular weight is 615 g/mol. The summed E-state index contributed by atoms with van der Waals surface area (Å²) < 4.78 is 17.1. The number of hydrogen-bond acceptors (Lipinski definition) is 5. The Bertz CT molecular complexity index is 1430. The summed E-state index contributed by atoms with van der Waals surface area (Å²) in [6, 6.07) is 2.84. The van der Waals surface area contributed by atoms with E-state index in [9.17, 15) is 39.3 Å². The van der Waals surface area contributed by atoms with Crippen LogP contribution in [-0.4, -0.2) is 37.0 Å². The first-order valence-electron chi connectivity index (χ1n) is 13.3. The molecule has 228 valence electrons. The zero-order chi connectivity index (χ0) is 32.3. The van der Waals surface area contributed by atoms with Gasteiger partial charge in [-0.05, 0) is 32.8 Å². The molecule has 0 amide bonds. The summed E-state index contributed by atoms with van der Waals surface area (Å²) in [5, 5.41) is 32.0. The van der Waals surface area contributed by atoms with E-state index >= 15 is 0 Å². The Hall–Kier alpha value is -2.00. The van der Waals surface area contributed by atoms with E-state index in [-0.39, 0.29) is 68.9 Å². The predicted molar refractivity (Wildman–Crippen MR) is 158 cm³/mol. The first-order valence-corrected chi connectivity index (χ1v) is 14.8. The number of carboxylic acid groups (broad SMARTS) is 2. The van der Waals surface area contributed by atoms with Gasteiger partial charge in [0.2, 0.25) is 0 Å². The second-order valence-electron chi connectivity index (χ2n) is 14.5. The molecule has 5 N–H and O–H groups in total. The van der Waals surface area contributed by atoms with Crippen LogP contribution in [0, 0.1) is 6.42 Å². The van der Waals surface area contributed by atoms with Gasteiger partial charge in [0.1, 0.15) is 5.75 Å². The fourth-order valence-electron chi connectivity index (χ4n) is 5.51. The van der Waals surface area contributed by atoms with E-state index in [0.29, 0.717) is 16.7 Å². The van der Waals surface area contributed by atoms with Gasteiger partial charge >= 0.3 is 49.3 Å². The maximum absolute atomic E-state index is 12.9. The third-order valence-electron chi connectivity index (χ3n) is 6.61. The number of phenolic OH excluding ortho intramolecular Hbond substituents is 1. The van der Waals surface area contributed by atoms with Gasteiger partial charge in [-0.1, -0.05) is 106 Å². The molecule has 2 aromatic carbocycles. The number of aromatic carboxylic acids is 2. The Morgan fingerprint density at radius 2 is 1.00 bits per heavy atom. The molecule has 11 heteroatoms. The number of phosphoric acid groups is 1. The smallest absolute Gasteiger partial charge is 0.516 e. The minimum absolute atomic E-state index is 0. The van der Waals surface area contributed by atoms with Gasteiger partial charge in [0.15, 0.2) is 0 Å². The van der Waals surface area contributed by atoms with E-state index in [0.717, 1.165) is 0 Å². The molecule has 0 aliphatic heterocycles. The molecule has 0 spiro atoms. The first-order chi connectivity index (χ1) is 18.1. The summed E-state index contributed by atoms with van der Waals surface area (Å²) in [4.78, 5) is 45.0. The van der Waals surface area contributed by atoms with Gasteiger partial charge in [-0.25, -0.2) is 14.2 Å². The number of hydrogen-bond donors (Lipinski definition) is 5. The molecule has 0 unspecified atom stereocenters. The molecule has 2 rings (SSSR count). The van der Waals surface area contributed by atoms with Crippen LogP contribution in [0.15, 0.2) is 12.1 Å². The quantitative estimate of drug-likeness (QED) is 0.184. The van der Waals surface area contributed by atoms with E-state index < -0.39 is 41.4 Å². The zero-order valence-electron chi connectivity index (χ0n) is 27.0. The van der Waals surface area contributed by atoms with Crippen LogP contribution in [0.3, 0.4) is 0 Å². The number of carboxylic acids is 2. The molecule has 0 heterocycles. The maximum atomic E-state index is 12.9. The molecule has 0 aliphatic carbocycles. The fourth-order valence-corrected chi connectivity index (χ4v) is 5.91. The van der Waals surface area contributed by atoms with Gasteiger partial charge in [-0.2, -0.15) is 0 Å². The monoisotopic (exact) mass is 614 g/mol. The van der Waals surface area contributed by atoms with Gasteiger partial charge in [-0.3, -0.25) is 9.79 Å². The van der Waals surface area contributed by atoms with Crippen molar-refractivity contribution in [2.45, 2.75) is 105 Å². The van der Waals surface area contributed by atoms with Crippen LogP contribution in [-0.2, 0) is 26.2 Å². The Labute approximate surface area is 271 Å². The SMILES string of the molecule is CC(C)(C)c1c(O)cc([CH-]c2cc(OP(=O)(O)O)c(C(C)(C)C)c(C(=O)O)c2C(C)(C)C)c(C(C)(C)C)c1C(=O)O.[Na+]. The first kappa shape index (κ1) is 38.0. The number of phenols is 1. The topological polar surface area (TPSA) is 162 Å². The molecule has 0 bridgehead atoms. The van der Waals surface area contributed by atoms with Gasteiger partial charge in [0.25, 0.3) is 0 Å². The Kier molecular flexibility index (Phi) is 11.0. The Balaban J connectivity index is 0.00000882. The number of carbonyl (C=O) groups is 2. The number of phosphoric ester groups is 1. The summed E-state index contributed by atoms with van der Waals surface area (Å²) in [5.74, 6) is -3.06. The summed E-state index contributed by atoms with van der Waals surface area (Å²) in [6.07, 6.45) is 1.56. The summed E-state index contributed by atoms with van der Waals surface area (Å²) in [7, 11) is -5.11.